The first-order valence-electron chi connectivity index (χ1n) is 5.72. The zero-order chi connectivity index (χ0) is 13.4. The minimum Gasteiger partial charge on any atom is -0.481 e. The summed E-state index contributed by atoms with van der Waals surface area (Å²) in [4.78, 5) is 24.2. The van der Waals surface area contributed by atoms with Crippen LogP contribution in [0.25, 0.3) is 0 Å². The van der Waals surface area contributed by atoms with E-state index in [4.69, 9.17) is 9.84 Å². The number of carbonyl (C=O) groups is 2. The smallest absolute Gasteiger partial charge is 0.310 e. The standard InChI is InChI=1S/C13H15NO4/c1-7(13(16)17)9-4-5-10-11(6-9)18-8(2)12(15)14(10)3/h4-8H,1-3H3,(H,16,17). The van der Waals surface area contributed by atoms with Crippen molar-refractivity contribution in [3.63, 3.8) is 0 Å². The molecule has 0 radical (unpaired) electrons. The Morgan fingerprint density at radius 3 is 2.78 bits per heavy atom. The highest BCUT2D eigenvalue weighted by Gasteiger charge is 2.29. The summed E-state index contributed by atoms with van der Waals surface area (Å²) in [5, 5.41) is 8.98. The van der Waals surface area contributed by atoms with Crippen LogP contribution >= 0.6 is 0 Å². The molecule has 96 valence electrons. The average Bonchev–Trinajstić information content (AvgIpc) is 2.34. The van der Waals surface area contributed by atoms with Gasteiger partial charge in [0.2, 0.25) is 0 Å². The number of carboxylic acids is 1. The molecule has 5 nitrogen and oxygen atoms in total. The van der Waals surface area contributed by atoms with Crippen molar-refractivity contribution in [3.05, 3.63) is 23.8 Å². The van der Waals surface area contributed by atoms with E-state index in [9.17, 15) is 9.59 Å². The van der Waals surface area contributed by atoms with E-state index in [-0.39, 0.29) is 5.91 Å². The number of carbonyl (C=O) groups excluding carboxylic acids is 1. The Hall–Kier alpha value is -2.04. The molecule has 0 aromatic heterocycles. The molecule has 5 heteroatoms. The maximum Gasteiger partial charge on any atom is 0.310 e. The van der Waals surface area contributed by atoms with Gasteiger partial charge in [-0.1, -0.05) is 6.07 Å². The van der Waals surface area contributed by atoms with E-state index in [0.717, 1.165) is 0 Å². The fourth-order valence-corrected chi connectivity index (χ4v) is 1.95. The molecule has 0 fully saturated rings. The second kappa shape index (κ2) is 4.33. The number of aliphatic carboxylic acids is 1. The van der Waals surface area contributed by atoms with E-state index >= 15 is 0 Å². The van der Waals surface area contributed by atoms with Gasteiger partial charge in [0.05, 0.1) is 11.6 Å². The van der Waals surface area contributed by atoms with Crippen LogP contribution in [0, 0.1) is 0 Å². The van der Waals surface area contributed by atoms with Crippen molar-refractivity contribution in [1.29, 1.82) is 0 Å². The molecule has 1 aliphatic heterocycles. The summed E-state index contributed by atoms with van der Waals surface area (Å²) in [5.41, 5.74) is 1.33. The molecule has 0 spiro atoms. The molecular formula is C13H15NO4. The van der Waals surface area contributed by atoms with Gasteiger partial charge in [-0.2, -0.15) is 0 Å². The summed E-state index contributed by atoms with van der Waals surface area (Å²) in [7, 11) is 1.68. The number of rotatable bonds is 2. The highest BCUT2D eigenvalue weighted by molar-refractivity contribution is 5.99. The summed E-state index contributed by atoms with van der Waals surface area (Å²) in [6.07, 6.45) is -0.544. The molecule has 1 amide bonds. The third-order valence-electron chi connectivity index (χ3n) is 3.20. The second-order valence-corrected chi connectivity index (χ2v) is 4.44. The van der Waals surface area contributed by atoms with E-state index in [1.807, 2.05) is 0 Å². The molecule has 0 bridgehead atoms. The van der Waals surface area contributed by atoms with E-state index in [1.54, 1.807) is 39.1 Å². The third kappa shape index (κ3) is 1.92. The van der Waals surface area contributed by atoms with E-state index in [0.29, 0.717) is 17.0 Å². The van der Waals surface area contributed by atoms with E-state index < -0.39 is 18.0 Å². The van der Waals surface area contributed by atoms with Crippen molar-refractivity contribution in [3.8, 4) is 5.75 Å². The zero-order valence-corrected chi connectivity index (χ0v) is 10.5. The number of anilines is 1. The Morgan fingerprint density at radius 2 is 2.17 bits per heavy atom. The number of amides is 1. The molecular weight excluding hydrogens is 234 g/mol. The Labute approximate surface area is 105 Å². The lowest BCUT2D eigenvalue weighted by atomic mass is 10.00. The van der Waals surface area contributed by atoms with Gasteiger partial charge in [-0.05, 0) is 31.5 Å². The number of hydrogen-bond acceptors (Lipinski definition) is 3. The van der Waals surface area contributed by atoms with Gasteiger partial charge in [0.15, 0.2) is 6.10 Å². The maximum absolute atomic E-state index is 11.7. The van der Waals surface area contributed by atoms with Gasteiger partial charge in [0.1, 0.15) is 5.75 Å². The first-order valence-corrected chi connectivity index (χ1v) is 5.72. The van der Waals surface area contributed by atoms with Gasteiger partial charge >= 0.3 is 5.97 Å². The van der Waals surface area contributed by atoms with Crippen LogP contribution in [0.15, 0.2) is 18.2 Å². The SMILES string of the molecule is CC1Oc2cc(C(C)C(=O)O)ccc2N(C)C1=O. The topological polar surface area (TPSA) is 66.8 Å². The largest absolute Gasteiger partial charge is 0.481 e. The molecule has 0 aliphatic carbocycles. The van der Waals surface area contributed by atoms with Crippen molar-refractivity contribution < 1.29 is 19.4 Å². The summed E-state index contributed by atoms with van der Waals surface area (Å²) in [5.74, 6) is -1.04. The molecule has 1 aliphatic rings. The van der Waals surface area contributed by atoms with Crippen molar-refractivity contribution >= 4 is 17.6 Å². The lowest BCUT2D eigenvalue weighted by Gasteiger charge is -2.30. The molecule has 1 heterocycles. The number of carboxylic acid groups (broad SMARTS) is 1. The maximum atomic E-state index is 11.7. The van der Waals surface area contributed by atoms with Crippen LogP contribution in [0.5, 0.6) is 5.75 Å². The Kier molecular flexibility index (Phi) is 2.98. The molecule has 18 heavy (non-hydrogen) atoms. The highest BCUT2D eigenvalue weighted by Crippen LogP contribution is 2.35. The summed E-state index contributed by atoms with van der Waals surface area (Å²) >= 11 is 0. The average molecular weight is 249 g/mol. The van der Waals surface area contributed by atoms with Crippen molar-refractivity contribution in [2.75, 3.05) is 11.9 Å². The minimum absolute atomic E-state index is 0.110. The van der Waals surface area contributed by atoms with Crippen molar-refractivity contribution in [1.82, 2.24) is 0 Å². The van der Waals surface area contributed by atoms with Gasteiger partial charge < -0.3 is 14.7 Å². The number of nitrogens with zero attached hydrogens (tertiary/aromatic N) is 1. The molecule has 0 saturated carbocycles. The van der Waals surface area contributed by atoms with Gasteiger partial charge in [-0.3, -0.25) is 9.59 Å². The van der Waals surface area contributed by atoms with E-state index in [1.165, 1.54) is 4.90 Å². The molecule has 2 rings (SSSR count). The number of ether oxygens (including phenoxy) is 1. The van der Waals surface area contributed by atoms with Crippen LogP contribution in [-0.2, 0) is 9.59 Å². The predicted molar refractivity (Wildman–Crippen MR) is 66.0 cm³/mol. The molecule has 1 N–H and O–H groups in total. The summed E-state index contributed by atoms with van der Waals surface area (Å²) < 4.78 is 5.50. The van der Waals surface area contributed by atoms with Crippen LogP contribution in [-0.4, -0.2) is 30.1 Å². The fraction of sp³-hybridized carbons (Fsp3) is 0.385. The van der Waals surface area contributed by atoms with Gasteiger partial charge in [-0.15, -0.1) is 0 Å². The first kappa shape index (κ1) is 12.4. The monoisotopic (exact) mass is 249 g/mol. The summed E-state index contributed by atoms with van der Waals surface area (Å²) in [6.45, 7) is 3.29. The fourth-order valence-electron chi connectivity index (χ4n) is 1.95. The lowest BCUT2D eigenvalue weighted by Crippen LogP contribution is -2.42. The molecule has 1 aromatic carbocycles. The van der Waals surface area contributed by atoms with Crippen LogP contribution in [0.2, 0.25) is 0 Å². The Bertz CT molecular complexity index is 512. The number of fused-ring (bicyclic) bond motifs is 1. The van der Waals surface area contributed by atoms with Gasteiger partial charge in [0.25, 0.3) is 5.91 Å². The first-order chi connectivity index (χ1) is 8.41. The van der Waals surface area contributed by atoms with Crippen molar-refractivity contribution in [2.24, 2.45) is 0 Å². The second-order valence-electron chi connectivity index (χ2n) is 4.44. The minimum atomic E-state index is -0.886. The van der Waals surface area contributed by atoms with Crippen LogP contribution in [0.1, 0.15) is 25.3 Å². The van der Waals surface area contributed by atoms with Gasteiger partial charge in [0, 0.05) is 7.05 Å². The number of likely N-dealkylation sites (N-methyl/N-ethyl adjacent to an activating group) is 1. The Morgan fingerprint density at radius 1 is 1.50 bits per heavy atom. The normalized spacial score (nSPS) is 20.1. The number of benzene rings is 1. The number of hydrogen-bond donors (Lipinski definition) is 1. The Balaban J connectivity index is 2.42. The molecule has 2 unspecified atom stereocenters. The zero-order valence-electron chi connectivity index (χ0n) is 10.5. The highest BCUT2D eigenvalue weighted by atomic mass is 16.5. The molecule has 0 saturated heterocycles. The molecule has 2 atom stereocenters. The summed E-state index contributed by atoms with van der Waals surface area (Å²) in [6, 6.07) is 5.11. The predicted octanol–water partition coefficient (Wildman–Crippen LogP) is 1.62. The third-order valence-corrected chi connectivity index (χ3v) is 3.20. The van der Waals surface area contributed by atoms with Crippen LogP contribution < -0.4 is 9.64 Å². The lowest BCUT2D eigenvalue weighted by molar-refractivity contribution is -0.138. The molecule has 1 aromatic rings. The van der Waals surface area contributed by atoms with Crippen LogP contribution in [0.4, 0.5) is 5.69 Å². The van der Waals surface area contributed by atoms with Gasteiger partial charge in [-0.25, -0.2) is 0 Å². The van der Waals surface area contributed by atoms with Crippen LogP contribution in [0.3, 0.4) is 0 Å². The quantitative estimate of drug-likeness (QED) is 0.864. The van der Waals surface area contributed by atoms with E-state index in [2.05, 4.69) is 0 Å². The van der Waals surface area contributed by atoms with Crippen molar-refractivity contribution in [2.45, 2.75) is 25.9 Å².